The minimum absolute atomic E-state index is 0.128. The smallest absolute Gasteiger partial charge is 0.242 e. The monoisotopic (exact) mass is 251 g/mol. The van der Waals surface area contributed by atoms with Crippen LogP contribution in [0.2, 0.25) is 0 Å². The molecular formula is C13H21N3O2. The van der Waals surface area contributed by atoms with Crippen LogP contribution in [0.4, 0.5) is 0 Å². The molecule has 1 N–H and O–H groups in total. The highest BCUT2D eigenvalue weighted by molar-refractivity contribution is 5.85. The molecule has 5 heteroatoms. The van der Waals surface area contributed by atoms with Crippen LogP contribution < -0.4 is 5.32 Å². The number of carbonyl (C=O) groups excluding carboxylic acids is 1. The van der Waals surface area contributed by atoms with Crippen LogP contribution >= 0.6 is 0 Å². The van der Waals surface area contributed by atoms with E-state index in [1.165, 1.54) is 0 Å². The van der Waals surface area contributed by atoms with E-state index in [1.54, 1.807) is 4.90 Å². The van der Waals surface area contributed by atoms with Crippen LogP contribution in [-0.4, -0.2) is 35.1 Å². The van der Waals surface area contributed by atoms with Crippen molar-refractivity contribution in [1.82, 2.24) is 15.4 Å². The Kier molecular flexibility index (Phi) is 3.71. The van der Waals surface area contributed by atoms with Gasteiger partial charge in [0.2, 0.25) is 5.91 Å². The Hall–Kier alpha value is -1.36. The van der Waals surface area contributed by atoms with Gasteiger partial charge >= 0.3 is 0 Å². The van der Waals surface area contributed by atoms with Gasteiger partial charge in [0, 0.05) is 13.1 Å². The third-order valence-electron chi connectivity index (χ3n) is 3.51. The number of hydrogen-bond donors (Lipinski definition) is 1. The van der Waals surface area contributed by atoms with Crippen molar-refractivity contribution in [2.45, 2.75) is 45.2 Å². The standard InChI is InChI=1S/C13H21N3O2/c1-10-8-11(15-18-10)9-16(3)12(17)13(2)6-4-5-7-14-13/h8,14H,4-7,9H2,1-3H3. The predicted octanol–water partition coefficient (Wildman–Crippen LogP) is 1.47. The minimum Gasteiger partial charge on any atom is -0.361 e. The third kappa shape index (κ3) is 2.72. The van der Waals surface area contributed by atoms with Crippen molar-refractivity contribution in [3.05, 3.63) is 17.5 Å². The second-order valence-electron chi connectivity index (χ2n) is 5.31. The largest absolute Gasteiger partial charge is 0.361 e. The molecule has 0 radical (unpaired) electrons. The summed E-state index contributed by atoms with van der Waals surface area (Å²) < 4.78 is 5.01. The maximum atomic E-state index is 12.4. The first kappa shape index (κ1) is 13.1. The zero-order valence-corrected chi connectivity index (χ0v) is 11.3. The second-order valence-corrected chi connectivity index (χ2v) is 5.31. The van der Waals surface area contributed by atoms with E-state index < -0.39 is 5.54 Å². The number of nitrogens with zero attached hydrogens (tertiary/aromatic N) is 2. The van der Waals surface area contributed by atoms with Crippen LogP contribution in [0.25, 0.3) is 0 Å². The molecule has 100 valence electrons. The van der Waals surface area contributed by atoms with Gasteiger partial charge in [0.15, 0.2) is 0 Å². The molecule has 1 amide bonds. The van der Waals surface area contributed by atoms with Crippen LogP contribution in [0.15, 0.2) is 10.6 Å². The number of aromatic nitrogens is 1. The number of likely N-dealkylation sites (N-methyl/N-ethyl adjacent to an activating group) is 1. The molecular weight excluding hydrogens is 230 g/mol. The summed E-state index contributed by atoms with van der Waals surface area (Å²) in [7, 11) is 1.81. The van der Waals surface area contributed by atoms with Crippen LogP contribution in [0, 0.1) is 6.92 Å². The normalized spacial score (nSPS) is 23.9. The fraction of sp³-hybridized carbons (Fsp3) is 0.692. The summed E-state index contributed by atoms with van der Waals surface area (Å²) in [4.78, 5) is 14.2. The molecule has 0 saturated carbocycles. The van der Waals surface area contributed by atoms with E-state index in [4.69, 9.17) is 4.52 Å². The lowest BCUT2D eigenvalue weighted by Gasteiger charge is -2.36. The molecule has 1 fully saturated rings. The van der Waals surface area contributed by atoms with Gasteiger partial charge in [-0.2, -0.15) is 0 Å². The predicted molar refractivity (Wildman–Crippen MR) is 68.0 cm³/mol. The molecule has 2 heterocycles. The number of amides is 1. The summed E-state index contributed by atoms with van der Waals surface area (Å²) in [5.41, 5.74) is 0.369. The zero-order chi connectivity index (χ0) is 13.2. The fourth-order valence-electron chi connectivity index (χ4n) is 2.47. The van der Waals surface area contributed by atoms with Gasteiger partial charge in [-0.25, -0.2) is 0 Å². The minimum atomic E-state index is -0.425. The SMILES string of the molecule is Cc1cc(CN(C)C(=O)C2(C)CCCCN2)no1. The fourth-order valence-corrected chi connectivity index (χ4v) is 2.47. The lowest BCUT2D eigenvalue weighted by atomic mass is 9.89. The zero-order valence-electron chi connectivity index (χ0n) is 11.3. The Morgan fingerprint density at radius 3 is 2.94 bits per heavy atom. The highest BCUT2D eigenvalue weighted by Crippen LogP contribution is 2.21. The summed E-state index contributed by atoms with van der Waals surface area (Å²) in [6, 6.07) is 1.86. The molecule has 0 aromatic carbocycles. The molecule has 18 heavy (non-hydrogen) atoms. The van der Waals surface area contributed by atoms with E-state index in [-0.39, 0.29) is 5.91 Å². The van der Waals surface area contributed by atoms with Crippen molar-refractivity contribution in [2.75, 3.05) is 13.6 Å². The summed E-state index contributed by atoms with van der Waals surface area (Å²) in [5, 5.41) is 7.25. The summed E-state index contributed by atoms with van der Waals surface area (Å²) >= 11 is 0. The molecule has 5 nitrogen and oxygen atoms in total. The van der Waals surface area contributed by atoms with Crippen LogP contribution in [-0.2, 0) is 11.3 Å². The molecule has 0 bridgehead atoms. The number of carbonyl (C=O) groups is 1. The molecule has 1 saturated heterocycles. The molecule has 1 aliphatic heterocycles. The molecule has 1 aromatic rings. The van der Waals surface area contributed by atoms with Gasteiger partial charge in [-0.3, -0.25) is 4.79 Å². The Morgan fingerprint density at radius 2 is 2.39 bits per heavy atom. The van der Waals surface area contributed by atoms with Crippen molar-refractivity contribution in [1.29, 1.82) is 0 Å². The maximum absolute atomic E-state index is 12.4. The first-order valence-corrected chi connectivity index (χ1v) is 6.44. The van der Waals surface area contributed by atoms with Gasteiger partial charge in [-0.1, -0.05) is 5.16 Å². The highest BCUT2D eigenvalue weighted by atomic mass is 16.5. The highest BCUT2D eigenvalue weighted by Gasteiger charge is 2.36. The first-order valence-electron chi connectivity index (χ1n) is 6.44. The van der Waals surface area contributed by atoms with E-state index in [1.807, 2.05) is 27.0 Å². The number of piperidine rings is 1. The lowest BCUT2D eigenvalue weighted by molar-refractivity contribution is -0.138. The summed E-state index contributed by atoms with van der Waals surface area (Å²) in [5.74, 6) is 0.899. The number of hydrogen-bond acceptors (Lipinski definition) is 4. The van der Waals surface area contributed by atoms with Gasteiger partial charge in [0.25, 0.3) is 0 Å². The van der Waals surface area contributed by atoms with E-state index in [9.17, 15) is 4.79 Å². The van der Waals surface area contributed by atoms with Crippen molar-refractivity contribution in [3.8, 4) is 0 Å². The van der Waals surface area contributed by atoms with E-state index in [0.29, 0.717) is 6.54 Å². The van der Waals surface area contributed by atoms with E-state index in [2.05, 4.69) is 10.5 Å². The van der Waals surface area contributed by atoms with Gasteiger partial charge in [0.1, 0.15) is 11.5 Å². The molecule has 0 spiro atoms. The summed E-state index contributed by atoms with van der Waals surface area (Å²) in [6.45, 7) is 5.24. The molecule has 1 aromatic heterocycles. The molecule has 1 aliphatic rings. The second kappa shape index (κ2) is 5.10. The van der Waals surface area contributed by atoms with Crippen molar-refractivity contribution in [2.24, 2.45) is 0 Å². The molecule has 0 aliphatic carbocycles. The van der Waals surface area contributed by atoms with Gasteiger partial charge in [-0.15, -0.1) is 0 Å². The Morgan fingerprint density at radius 1 is 1.61 bits per heavy atom. The Bertz CT molecular complexity index is 422. The average Bonchev–Trinajstić information content (AvgIpc) is 2.74. The quantitative estimate of drug-likeness (QED) is 0.884. The number of aryl methyl sites for hydroxylation is 1. The van der Waals surface area contributed by atoms with Crippen molar-refractivity contribution < 1.29 is 9.32 Å². The maximum Gasteiger partial charge on any atom is 0.242 e. The van der Waals surface area contributed by atoms with Crippen LogP contribution in [0.5, 0.6) is 0 Å². The van der Waals surface area contributed by atoms with Crippen molar-refractivity contribution in [3.63, 3.8) is 0 Å². The molecule has 2 rings (SSSR count). The topological polar surface area (TPSA) is 58.4 Å². The summed E-state index contributed by atoms with van der Waals surface area (Å²) in [6.07, 6.45) is 3.15. The van der Waals surface area contributed by atoms with E-state index in [0.717, 1.165) is 37.3 Å². The Balaban J connectivity index is 1.99. The average molecular weight is 251 g/mol. The van der Waals surface area contributed by atoms with E-state index >= 15 is 0 Å². The third-order valence-corrected chi connectivity index (χ3v) is 3.51. The van der Waals surface area contributed by atoms with Gasteiger partial charge in [0.05, 0.1) is 12.1 Å². The lowest BCUT2D eigenvalue weighted by Crippen LogP contribution is -2.57. The number of nitrogens with one attached hydrogen (secondary N) is 1. The van der Waals surface area contributed by atoms with Gasteiger partial charge < -0.3 is 14.7 Å². The van der Waals surface area contributed by atoms with Gasteiger partial charge in [-0.05, 0) is 39.7 Å². The molecule has 1 atom stereocenters. The van der Waals surface area contributed by atoms with Crippen LogP contribution in [0.1, 0.15) is 37.6 Å². The number of rotatable bonds is 3. The molecule has 1 unspecified atom stereocenters. The van der Waals surface area contributed by atoms with Crippen LogP contribution in [0.3, 0.4) is 0 Å². The Labute approximate surface area is 108 Å². The first-order chi connectivity index (χ1) is 8.51. The van der Waals surface area contributed by atoms with Crippen molar-refractivity contribution >= 4 is 5.91 Å².